The number of ether oxygens (including phenoxy) is 1. The summed E-state index contributed by atoms with van der Waals surface area (Å²) in [6.07, 6.45) is 3.08. The first-order valence-corrected chi connectivity index (χ1v) is 9.47. The molecule has 0 bridgehead atoms. The zero-order chi connectivity index (χ0) is 16.0. The van der Waals surface area contributed by atoms with Gasteiger partial charge in [-0.25, -0.2) is 13.1 Å². The summed E-state index contributed by atoms with van der Waals surface area (Å²) in [5.41, 5.74) is 0. The molecule has 6 heteroatoms. The van der Waals surface area contributed by atoms with Gasteiger partial charge in [-0.05, 0) is 69.5 Å². The lowest BCUT2D eigenvalue weighted by Gasteiger charge is -2.28. The van der Waals surface area contributed by atoms with E-state index in [1.165, 1.54) is 0 Å². The standard InChI is InChI=1S/C16H26N2O3S/c1-3-11-21-15-6-8-16(9-7-15)22(19,20)18-13(2)14-5-4-10-17-12-14/h6-9,13-14,17-18H,3-5,10-12H2,1-2H3. The SMILES string of the molecule is CCCOc1ccc(S(=O)(=O)NC(C)C2CCCNC2)cc1. The third kappa shape index (κ3) is 4.69. The van der Waals surface area contributed by atoms with E-state index in [9.17, 15) is 8.42 Å². The van der Waals surface area contributed by atoms with Gasteiger partial charge in [-0.2, -0.15) is 0 Å². The van der Waals surface area contributed by atoms with Crippen LogP contribution < -0.4 is 14.8 Å². The highest BCUT2D eigenvalue weighted by Gasteiger charge is 2.25. The number of nitrogens with one attached hydrogen (secondary N) is 2. The molecule has 0 spiro atoms. The topological polar surface area (TPSA) is 67.4 Å². The van der Waals surface area contributed by atoms with Crippen molar-refractivity contribution in [3.05, 3.63) is 24.3 Å². The Hall–Kier alpha value is -1.11. The second kappa shape index (κ2) is 7.94. The molecule has 2 N–H and O–H groups in total. The molecular formula is C16H26N2O3S. The highest BCUT2D eigenvalue weighted by molar-refractivity contribution is 7.89. The van der Waals surface area contributed by atoms with Crippen molar-refractivity contribution in [3.8, 4) is 5.75 Å². The lowest BCUT2D eigenvalue weighted by molar-refractivity contribution is 0.317. The molecule has 0 amide bonds. The summed E-state index contributed by atoms with van der Waals surface area (Å²) in [5, 5.41) is 3.32. The highest BCUT2D eigenvalue weighted by Crippen LogP contribution is 2.19. The number of hydrogen-bond acceptors (Lipinski definition) is 4. The zero-order valence-corrected chi connectivity index (χ0v) is 14.2. The summed E-state index contributed by atoms with van der Waals surface area (Å²) in [7, 11) is -3.48. The number of hydrogen-bond donors (Lipinski definition) is 2. The molecule has 0 radical (unpaired) electrons. The van der Waals surface area contributed by atoms with E-state index >= 15 is 0 Å². The molecule has 0 saturated carbocycles. The normalized spacial score (nSPS) is 20.5. The molecule has 1 aliphatic heterocycles. The van der Waals surface area contributed by atoms with Crippen LogP contribution in [0.15, 0.2) is 29.2 Å². The smallest absolute Gasteiger partial charge is 0.240 e. The van der Waals surface area contributed by atoms with Gasteiger partial charge in [0.15, 0.2) is 0 Å². The maximum atomic E-state index is 12.4. The summed E-state index contributed by atoms with van der Waals surface area (Å²) >= 11 is 0. The van der Waals surface area contributed by atoms with Crippen LogP contribution in [0.25, 0.3) is 0 Å². The first-order valence-electron chi connectivity index (χ1n) is 7.99. The monoisotopic (exact) mass is 326 g/mol. The Morgan fingerprint density at radius 3 is 2.68 bits per heavy atom. The molecule has 5 nitrogen and oxygen atoms in total. The summed E-state index contributed by atoms with van der Waals surface area (Å²) in [6, 6.07) is 6.53. The Bertz CT molecular complexity index is 551. The fraction of sp³-hybridized carbons (Fsp3) is 0.625. The molecule has 1 saturated heterocycles. The molecule has 1 fully saturated rings. The fourth-order valence-electron chi connectivity index (χ4n) is 2.65. The second-order valence-electron chi connectivity index (χ2n) is 5.84. The minimum atomic E-state index is -3.48. The van der Waals surface area contributed by atoms with Gasteiger partial charge in [-0.3, -0.25) is 0 Å². The summed E-state index contributed by atoms with van der Waals surface area (Å²) in [6.45, 7) is 6.50. The van der Waals surface area contributed by atoms with Crippen LogP contribution >= 0.6 is 0 Å². The first-order chi connectivity index (χ1) is 10.5. The average Bonchev–Trinajstić information content (AvgIpc) is 2.53. The molecule has 22 heavy (non-hydrogen) atoms. The summed E-state index contributed by atoms with van der Waals surface area (Å²) < 4.78 is 33.1. The first kappa shape index (κ1) is 17.2. The van der Waals surface area contributed by atoms with Crippen molar-refractivity contribution < 1.29 is 13.2 Å². The molecule has 2 rings (SSSR count). The number of rotatable bonds is 7. The Balaban J connectivity index is 1.99. The van der Waals surface area contributed by atoms with Crippen LogP contribution in [0.3, 0.4) is 0 Å². The molecule has 2 atom stereocenters. The zero-order valence-electron chi connectivity index (χ0n) is 13.3. The van der Waals surface area contributed by atoms with Gasteiger partial charge in [-0.1, -0.05) is 6.92 Å². The predicted molar refractivity (Wildman–Crippen MR) is 87.6 cm³/mol. The predicted octanol–water partition coefficient (Wildman–Crippen LogP) is 2.14. The van der Waals surface area contributed by atoms with Gasteiger partial charge in [-0.15, -0.1) is 0 Å². The van der Waals surface area contributed by atoms with Gasteiger partial charge in [0.05, 0.1) is 11.5 Å². The van der Waals surface area contributed by atoms with Gasteiger partial charge >= 0.3 is 0 Å². The van der Waals surface area contributed by atoms with Crippen LogP contribution in [0, 0.1) is 5.92 Å². The van der Waals surface area contributed by atoms with E-state index < -0.39 is 10.0 Å². The van der Waals surface area contributed by atoms with Gasteiger partial charge in [0, 0.05) is 6.04 Å². The Morgan fingerprint density at radius 2 is 2.09 bits per heavy atom. The van der Waals surface area contributed by atoms with Gasteiger partial charge in [0.1, 0.15) is 5.75 Å². The number of sulfonamides is 1. The van der Waals surface area contributed by atoms with Crippen LogP contribution in [0.1, 0.15) is 33.1 Å². The lowest BCUT2D eigenvalue weighted by atomic mass is 9.94. The van der Waals surface area contributed by atoms with Gasteiger partial charge < -0.3 is 10.1 Å². The highest BCUT2D eigenvalue weighted by atomic mass is 32.2. The lowest BCUT2D eigenvalue weighted by Crippen LogP contribution is -2.44. The van der Waals surface area contributed by atoms with Crippen molar-refractivity contribution >= 4 is 10.0 Å². The van der Waals surface area contributed by atoms with Gasteiger partial charge in [0.2, 0.25) is 10.0 Å². The number of benzene rings is 1. The van der Waals surface area contributed by atoms with E-state index in [0.29, 0.717) is 18.3 Å². The van der Waals surface area contributed by atoms with Crippen LogP contribution in [-0.4, -0.2) is 34.2 Å². The molecular weight excluding hydrogens is 300 g/mol. The maximum Gasteiger partial charge on any atom is 0.240 e. The number of piperidine rings is 1. The van der Waals surface area contributed by atoms with E-state index in [2.05, 4.69) is 10.0 Å². The van der Waals surface area contributed by atoms with Crippen molar-refractivity contribution in [1.82, 2.24) is 10.0 Å². The van der Waals surface area contributed by atoms with Crippen LogP contribution in [-0.2, 0) is 10.0 Å². The van der Waals surface area contributed by atoms with E-state index in [4.69, 9.17) is 4.74 Å². The van der Waals surface area contributed by atoms with Crippen molar-refractivity contribution in [2.75, 3.05) is 19.7 Å². The van der Waals surface area contributed by atoms with Crippen LogP contribution in [0.2, 0.25) is 0 Å². The molecule has 1 aromatic carbocycles. The van der Waals surface area contributed by atoms with Crippen molar-refractivity contribution in [1.29, 1.82) is 0 Å². The minimum absolute atomic E-state index is 0.0752. The van der Waals surface area contributed by atoms with E-state index in [1.807, 2.05) is 13.8 Å². The van der Waals surface area contributed by atoms with Crippen molar-refractivity contribution in [3.63, 3.8) is 0 Å². The molecule has 0 aromatic heterocycles. The Morgan fingerprint density at radius 1 is 1.36 bits per heavy atom. The molecule has 1 aromatic rings. The third-order valence-corrected chi connectivity index (χ3v) is 5.56. The molecule has 1 heterocycles. The van der Waals surface area contributed by atoms with E-state index in [-0.39, 0.29) is 10.9 Å². The van der Waals surface area contributed by atoms with Crippen molar-refractivity contribution in [2.24, 2.45) is 5.92 Å². The van der Waals surface area contributed by atoms with Gasteiger partial charge in [0.25, 0.3) is 0 Å². The maximum absolute atomic E-state index is 12.4. The average molecular weight is 326 g/mol. The summed E-state index contributed by atoms with van der Waals surface area (Å²) in [4.78, 5) is 0.284. The fourth-order valence-corrected chi connectivity index (χ4v) is 3.96. The largest absolute Gasteiger partial charge is 0.494 e. The minimum Gasteiger partial charge on any atom is -0.494 e. The van der Waals surface area contributed by atoms with Crippen molar-refractivity contribution in [2.45, 2.75) is 44.0 Å². The molecule has 0 aliphatic carbocycles. The van der Waals surface area contributed by atoms with E-state index in [0.717, 1.165) is 32.4 Å². The Labute approximate surface area is 133 Å². The molecule has 2 unspecified atom stereocenters. The molecule has 124 valence electrons. The third-order valence-electron chi connectivity index (χ3n) is 3.99. The quantitative estimate of drug-likeness (QED) is 0.805. The second-order valence-corrected chi connectivity index (χ2v) is 7.55. The Kier molecular flexibility index (Phi) is 6.23. The van der Waals surface area contributed by atoms with Crippen LogP contribution in [0.4, 0.5) is 0 Å². The van der Waals surface area contributed by atoms with E-state index in [1.54, 1.807) is 24.3 Å². The van der Waals surface area contributed by atoms with Crippen LogP contribution in [0.5, 0.6) is 5.75 Å². The molecule has 1 aliphatic rings. The summed E-state index contributed by atoms with van der Waals surface area (Å²) in [5.74, 6) is 1.04.